The Morgan fingerprint density at radius 3 is 2.35 bits per heavy atom. The molecule has 0 spiro atoms. The number of likely N-dealkylation sites (tertiary alicyclic amines) is 1. The van der Waals surface area contributed by atoms with Crippen molar-refractivity contribution in [2.24, 2.45) is 5.92 Å². The van der Waals surface area contributed by atoms with Gasteiger partial charge in [-0.15, -0.1) is 0 Å². The molecule has 26 heavy (non-hydrogen) atoms. The highest BCUT2D eigenvalue weighted by Crippen LogP contribution is 2.26. The van der Waals surface area contributed by atoms with Crippen molar-refractivity contribution >= 4 is 27.6 Å². The van der Waals surface area contributed by atoms with Crippen LogP contribution in [0.3, 0.4) is 0 Å². The summed E-state index contributed by atoms with van der Waals surface area (Å²) >= 11 is 0. The maximum atomic E-state index is 14.1. The lowest BCUT2D eigenvalue weighted by Crippen LogP contribution is -2.52. The maximum absolute atomic E-state index is 14.1. The monoisotopic (exact) mass is 386 g/mol. The summed E-state index contributed by atoms with van der Waals surface area (Å²) in [4.78, 5) is 25.9. The molecule has 0 N–H and O–H groups in total. The molecule has 1 amide bonds. The Morgan fingerprint density at radius 1 is 1.27 bits per heavy atom. The van der Waals surface area contributed by atoms with Gasteiger partial charge in [0.1, 0.15) is 11.9 Å². The number of halogens is 1. The molecule has 144 valence electrons. The summed E-state index contributed by atoms with van der Waals surface area (Å²) in [6.07, 6.45) is 1.83. The molecule has 1 heterocycles. The predicted octanol–water partition coefficient (Wildman–Crippen LogP) is 1.39. The molecule has 9 heteroatoms. The second-order valence-electron chi connectivity index (χ2n) is 6.31. The van der Waals surface area contributed by atoms with Gasteiger partial charge in [-0.2, -0.15) is 0 Å². The number of para-hydroxylation sites is 1. The number of sulfonamides is 1. The zero-order chi connectivity index (χ0) is 19.5. The molecule has 1 atom stereocenters. The predicted molar refractivity (Wildman–Crippen MR) is 94.5 cm³/mol. The van der Waals surface area contributed by atoms with E-state index in [0.717, 1.165) is 16.6 Å². The quantitative estimate of drug-likeness (QED) is 0.714. The number of amides is 1. The fourth-order valence-corrected chi connectivity index (χ4v) is 4.34. The van der Waals surface area contributed by atoms with Crippen LogP contribution < -0.4 is 4.31 Å². The Morgan fingerprint density at radius 2 is 1.85 bits per heavy atom. The summed E-state index contributed by atoms with van der Waals surface area (Å²) in [6, 6.07) is 4.33. The van der Waals surface area contributed by atoms with E-state index in [4.69, 9.17) is 4.74 Å². The van der Waals surface area contributed by atoms with Crippen LogP contribution in [0.25, 0.3) is 0 Å². The molecular weight excluding hydrogens is 363 g/mol. The van der Waals surface area contributed by atoms with Crippen LogP contribution in [-0.2, 0) is 24.3 Å². The number of ether oxygens (including phenoxy) is 1. The van der Waals surface area contributed by atoms with E-state index in [0.29, 0.717) is 25.9 Å². The molecule has 7 nitrogen and oxygen atoms in total. The Bertz CT molecular complexity index is 775. The highest BCUT2D eigenvalue weighted by Gasteiger charge is 2.35. The number of rotatable bonds is 5. The van der Waals surface area contributed by atoms with Crippen LogP contribution in [0.2, 0.25) is 0 Å². The molecule has 0 aliphatic carbocycles. The van der Waals surface area contributed by atoms with Gasteiger partial charge in [0.05, 0.1) is 25.0 Å². The zero-order valence-corrected chi connectivity index (χ0v) is 15.8. The third kappa shape index (κ3) is 4.32. The van der Waals surface area contributed by atoms with Crippen LogP contribution in [0.5, 0.6) is 0 Å². The second-order valence-corrected chi connectivity index (χ2v) is 8.17. The summed E-state index contributed by atoms with van der Waals surface area (Å²) < 4.78 is 44.1. The van der Waals surface area contributed by atoms with E-state index in [-0.39, 0.29) is 17.6 Å². The molecule has 1 saturated heterocycles. The van der Waals surface area contributed by atoms with E-state index in [1.807, 2.05) is 0 Å². The van der Waals surface area contributed by atoms with Crippen LogP contribution in [0, 0.1) is 11.7 Å². The van der Waals surface area contributed by atoms with Crippen molar-refractivity contribution in [1.29, 1.82) is 0 Å². The van der Waals surface area contributed by atoms with Crippen LogP contribution in [0.1, 0.15) is 19.8 Å². The van der Waals surface area contributed by atoms with E-state index in [2.05, 4.69) is 0 Å². The Balaban J connectivity index is 2.19. The first kappa shape index (κ1) is 20.2. The number of carbonyl (C=O) groups is 2. The number of benzene rings is 1. The minimum absolute atomic E-state index is 0.166. The van der Waals surface area contributed by atoms with Crippen molar-refractivity contribution in [3.63, 3.8) is 0 Å². The van der Waals surface area contributed by atoms with Gasteiger partial charge in [-0.1, -0.05) is 12.1 Å². The first-order valence-corrected chi connectivity index (χ1v) is 10.1. The Hall–Kier alpha value is -2.16. The molecule has 0 radical (unpaired) electrons. The lowest BCUT2D eigenvalue weighted by Gasteiger charge is -2.36. The van der Waals surface area contributed by atoms with Crippen molar-refractivity contribution < 1.29 is 27.1 Å². The number of methoxy groups -OCH3 is 1. The number of hydrogen-bond acceptors (Lipinski definition) is 5. The molecule has 0 aromatic heterocycles. The van der Waals surface area contributed by atoms with Gasteiger partial charge in [-0.3, -0.25) is 13.9 Å². The van der Waals surface area contributed by atoms with Gasteiger partial charge in [-0.25, -0.2) is 12.8 Å². The molecular formula is C17H23FN2O5S. The highest BCUT2D eigenvalue weighted by atomic mass is 32.2. The summed E-state index contributed by atoms with van der Waals surface area (Å²) in [5.74, 6) is -1.73. The van der Waals surface area contributed by atoms with Gasteiger partial charge in [0, 0.05) is 13.1 Å². The second kappa shape index (κ2) is 8.03. The first-order valence-electron chi connectivity index (χ1n) is 8.27. The first-order chi connectivity index (χ1) is 12.2. The van der Waals surface area contributed by atoms with E-state index >= 15 is 0 Å². The van der Waals surface area contributed by atoms with Gasteiger partial charge in [0.2, 0.25) is 15.9 Å². The van der Waals surface area contributed by atoms with Crippen molar-refractivity contribution in [2.75, 3.05) is 30.8 Å². The van der Waals surface area contributed by atoms with E-state index in [1.54, 1.807) is 0 Å². The molecule has 1 aromatic carbocycles. The van der Waals surface area contributed by atoms with Gasteiger partial charge < -0.3 is 9.64 Å². The van der Waals surface area contributed by atoms with Crippen molar-refractivity contribution in [3.8, 4) is 0 Å². The summed E-state index contributed by atoms with van der Waals surface area (Å²) in [7, 11) is -2.56. The minimum atomic E-state index is -3.88. The number of nitrogens with zero attached hydrogens (tertiary/aromatic N) is 2. The van der Waals surface area contributed by atoms with Gasteiger partial charge in [-0.05, 0) is 31.9 Å². The number of carbonyl (C=O) groups excluding carboxylic acids is 2. The molecule has 1 aliphatic heterocycles. The van der Waals surface area contributed by atoms with Crippen molar-refractivity contribution in [1.82, 2.24) is 4.90 Å². The molecule has 1 unspecified atom stereocenters. The Labute approximate surface area is 152 Å². The molecule has 1 aliphatic rings. The average molecular weight is 386 g/mol. The summed E-state index contributed by atoms with van der Waals surface area (Å²) in [5, 5.41) is 0. The topological polar surface area (TPSA) is 84.0 Å². The summed E-state index contributed by atoms with van der Waals surface area (Å²) in [6.45, 7) is 2.07. The van der Waals surface area contributed by atoms with Crippen LogP contribution >= 0.6 is 0 Å². The minimum Gasteiger partial charge on any atom is -0.469 e. The van der Waals surface area contributed by atoms with E-state index in [9.17, 15) is 22.4 Å². The van der Waals surface area contributed by atoms with Crippen LogP contribution in [-0.4, -0.2) is 57.7 Å². The average Bonchev–Trinajstić information content (AvgIpc) is 2.61. The van der Waals surface area contributed by atoms with Gasteiger partial charge in [0.25, 0.3) is 0 Å². The lowest BCUT2D eigenvalue weighted by molar-refractivity contribution is -0.149. The SMILES string of the molecule is COC(=O)C1CCN(C(=O)C(C)N(c2ccccc2F)S(C)(=O)=O)CC1. The third-order valence-corrected chi connectivity index (χ3v) is 5.73. The normalized spacial score (nSPS) is 16.8. The highest BCUT2D eigenvalue weighted by molar-refractivity contribution is 7.92. The van der Waals surface area contributed by atoms with Crippen LogP contribution in [0.4, 0.5) is 10.1 Å². The number of esters is 1. The Kier molecular flexibility index (Phi) is 6.22. The van der Waals surface area contributed by atoms with E-state index in [1.165, 1.54) is 37.1 Å². The van der Waals surface area contributed by atoms with Crippen molar-refractivity contribution in [3.05, 3.63) is 30.1 Å². The maximum Gasteiger partial charge on any atom is 0.308 e. The number of piperidine rings is 1. The van der Waals surface area contributed by atoms with Gasteiger partial charge >= 0.3 is 5.97 Å². The van der Waals surface area contributed by atoms with Crippen LogP contribution in [0.15, 0.2) is 24.3 Å². The fourth-order valence-electron chi connectivity index (χ4n) is 3.17. The smallest absolute Gasteiger partial charge is 0.308 e. The zero-order valence-electron chi connectivity index (χ0n) is 15.0. The third-order valence-electron chi connectivity index (χ3n) is 4.50. The molecule has 1 aromatic rings. The molecule has 1 fully saturated rings. The number of anilines is 1. The standard InChI is InChI=1S/C17H23FN2O5S/c1-12(16(21)19-10-8-13(9-11-19)17(22)25-2)20(26(3,23)24)15-7-5-4-6-14(15)18/h4-7,12-13H,8-11H2,1-3H3. The molecule has 0 saturated carbocycles. The summed E-state index contributed by atoms with van der Waals surface area (Å²) in [5.41, 5.74) is -0.166. The van der Waals surface area contributed by atoms with E-state index < -0.39 is 27.8 Å². The lowest BCUT2D eigenvalue weighted by atomic mass is 9.96. The molecule has 0 bridgehead atoms. The number of hydrogen-bond donors (Lipinski definition) is 0. The van der Waals surface area contributed by atoms with Crippen molar-refractivity contribution in [2.45, 2.75) is 25.8 Å². The fraction of sp³-hybridized carbons (Fsp3) is 0.529. The molecule has 2 rings (SSSR count). The largest absolute Gasteiger partial charge is 0.469 e. The van der Waals surface area contributed by atoms with Gasteiger partial charge in [0.15, 0.2) is 0 Å².